The van der Waals surface area contributed by atoms with E-state index in [1.807, 2.05) is 37.3 Å². The maximum absolute atomic E-state index is 10.9. The zero-order chi connectivity index (χ0) is 10.8. The lowest BCUT2D eigenvalue weighted by Gasteiger charge is -2.18. The van der Waals surface area contributed by atoms with E-state index < -0.39 is 11.4 Å². The van der Waals surface area contributed by atoms with Crippen molar-refractivity contribution in [2.24, 2.45) is 4.99 Å². The fourth-order valence-corrected chi connectivity index (χ4v) is 1.53. The SMILES string of the molecule is CC1=NC(C(=O)Cl)NN1c1ccccc1. The van der Waals surface area contributed by atoms with Gasteiger partial charge in [0.05, 0.1) is 5.69 Å². The Labute approximate surface area is 92.5 Å². The molecule has 2 rings (SSSR count). The lowest BCUT2D eigenvalue weighted by Crippen LogP contribution is -2.41. The van der Waals surface area contributed by atoms with Crippen LogP contribution < -0.4 is 10.4 Å². The monoisotopic (exact) mass is 223 g/mol. The lowest BCUT2D eigenvalue weighted by atomic mass is 10.3. The fraction of sp³-hybridized carbons (Fsp3) is 0.200. The molecule has 1 aromatic rings. The van der Waals surface area contributed by atoms with Crippen molar-refractivity contribution in [3.63, 3.8) is 0 Å². The molecule has 0 aromatic heterocycles. The molecular formula is C10H10ClN3O. The normalized spacial score (nSPS) is 20.3. The van der Waals surface area contributed by atoms with Crippen LogP contribution in [0.5, 0.6) is 0 Å². The van der Waals surface area contributed by atoms with E-state index in [1.165, 1.54) is 0 Å². The molecule has 0 bridgehead atoms. The number of nitrogens with zero attached hydrogens (tertiary/aromatic N) is 2. The average Bonchev–Trinajstić information content (AvgIpc) is 2.62. The van der Waals surface area contributed by atoms with Crippen molar-refractivity contribution >= 4 is 28.4 Å². The largest absolute Gasteiger partial charge is 0.277 e. The molecule has 1 atom stereocenters. The number of halogens is 1. The van der Waals surface area contributed by atoms with E-state index in [2.05, 4.69) is 10.4 Å². The van der Waals surface area contributed by atoms with Gasteiger partial charge in [0.25, 0.3) is 5.24 Å². The molecule has 0 aliphatic carbocycles. The summed E-state index contributed by atoms with van der Waals surface area (Å²) in [6.07, 6.45) is -0.674. The molecule has 1 unspecified atom stereocenters. The first kappa shape index (κ1) is 10.1. The number of amidine groups is 1. The van der Waals surface area contributed by atoms with E-state index >= 15 is 0 Å². The second-order valence-corrected chi connectivity index (χ2v) is 3.56. The van der Waals surface area contributed by atoms with Crippen LogP contribution in [-0.2, 0) is 4.79 Å². The molecule has 0 fully saturated rings. The highest BCUT2D eigenvalue weighted by atomic mass is 35.5. The third kappa shape index (κ3) is 2.00. The Morgan fingerprint density at radius 3 is 2.67 bits per heavy atom. The van der Waals surface area contributed by atoms with E-state index in [9.17, 15) is 4.79 Å². The Morgan fingerprint density at radius 2 is 2.13 bits per heavy atom. The summed E-state index contributed by atoms with van der Waals surface area (Å²) in [5, 5.41) is 1.23. The first-order valence-electron chi connectivity index (χ1n) is 4.53. The summed E-state index contributed by atoms with van der Waals surface area (Å²) in [7, 11) is 0. The van der Waals surface area contributed by atoms with Crippen LogP contribution in [0.2, 0.25) is 0 Å². The summed E-state index contributed by atoms with van der Waals surface area (Å²) >= 11 is 5.37. The van der Waals surface area contributed by atoms with Gasteiger partial charge in [-0.25, -0.2) is 4.99 Å². The minimum atomic E-state index is -0.674. The number of anilines is 1. The van der Waals surface area contributed by atoms with Gasteiger partial charge in [0, 0.05) is 0 Å². The number of hydrogen-bond donors (Lipinski definition) is 1. The van der Waals surface area contributed by atoms with Crippen LogP contribution in [0.25, 0.3) is 0 Å². The predicted molar refractivity (Wildman–Crippen MR) is 59.8 cm³/mol. The predicted octanol–water partition coefficient (Wildman–Crippen LogP) is 1.52. The Hall–Kier alpha value is -1.39. The summed E-state index contributed by atoms with van der Waals surface area (Å²) in [6, 6.07) is 9.61. The molecule has 78 valence electrons. The first-order valence-corrected chi connectivity index (χ1v) is 4.91. The first-order chi connectivity index (χ1) is 7.18. The molecule has 0 saturated heterocycles. The Balaban J connectivity index is 2.22. The van der Waals surface area contributed by atoms with Crippen LogP contribution in [0.1, 0.15) is 6.92 Å². The van der Waals surface area contributed by atoms with Gasteiger partial charge >= 0.3 is 0 Å². The number of benzene rings is 1. The zero-order valence-electron chi connectivity index (χ0n) is 8.14. The molecule has 0 amide bonds. The summed E-state index contributed by atoms with van der Waals surface area (Å²) in [4.78, 5) is 15.0. The maximum atomic E-state index is 10.9. The van der Waals surface area contributed by atoms with Crippen molar-refractivity contribution in [3.05, 3.63) is 30.3 Å². The lowest BCUT2D eigenvalue weighted by molar-refractivity contribution is -0.113. The van der Waals surface area contributed by atoms with Gasteiger partial charge in [-0.3, -0.25) is 9.80 Å². The highest BCUT2D eigenvalue weighted by Gasteiger charge is 2.26. The molecule has 0 radical (unpaired) electrons. The number of aliphatic imine (C=N–C) groups is 1. The van der Waals surface area contributed by atoms with Crippen LogP contribution in [0.4, 0.5) is 5.69 Å². The number of rotatable bonds is 2. The van der Waals surface area contributed by atoms with Crippen LogP contribution in [-0.4, -0.2) is 17.2 Å². The van der Waals surface area contributed by atoms with Gasteiger partial charge in [0.15, 0.2) is 6.17 Å². The number of hydrogen-bond acceptors (Lipinski definition) is 4. The van der Waals surface area contributed by atoms with Crippen molar-refractivity contribution < 1.29 is 4.79 Å². The van der Waals surface area contributed by atoms with E-state index in [0.29, 0.717) is 0 Å². The molecule has 4 nitrogen and oxygen atoms in total. The molecule has 1 aromatic carbocycles. The van der Waals surface area contributed by atoms with Crippen molar-refractivity contribution in [3.8, 4) is 0 Å². The average molecular weight is 224 g/mol. The third-order valence-corrected chi connectivity index (χ3v) is 2.33. The second kappa shape index (κ2) is 4.00. The minimum Gasteiger partial charge on any atom is -0.277 e. The van der Waals surface area contributed by atoms with Crippen molar-refractivity contribution in [1.82, 2.24) is 5.43 Å². The van der Waals surface area contributed by atoms with Gasteiger partial charge in [-0.05, 0) is 30.7 Å². The van der Waals surface area contributed by atoms with E-state index in [4.69, 9.17) is 11.6 Å². The fourth-order valence-electron chi connectivity index (χ4n) is 1.43. The number of hydrazine groups is 1. The van der Waals surface area contributed by atoms with Crippen molar-refractivity contribution in [2.45, 2.75) is 13.1 Å². The van der Waals surface area contributed by atoms with E-state index in [0.717, 1.165) is 11.5 Å². The van der Waals surface area contributed by atoms with Gasteiger partial charge in [-0.15, -0.1) is 0 Å². The van der Waals surface area contributed by atoms with E-state index in [1.54, 1.807) is 5.01 Å². The second-order valence-electron chi connectivity index (χ2n) is 3.18. The standard InChI is InChI=1S/C10H10ClN3O/c1-7-12-10(9(11)15)13-14(7)8-5-3-2-4-6-8/h2-6,10,13H,1H3. The molecule has 0 saturated carbocycles. The Kier molecular flexibility index (Phi) is 2.70. The molecule has 1 aliphatic rings. The summed E-state index contributed by atoms with van der Waals surface area (Å²) in [5.74, 6) is 0.722. The van der Waals surface area contributed by atoms with E-state index in [-0.39, 0.29) is 0 Å². The Morgan fingerprint density at radius 1 is 1.47 bits per heavy atom. The van der Waals surface area contributed by atoms with Gasteiger partial charge < -0.3 is 0 Å². The highest BCUT2D eigenvalue weighted by molar-refractivity contribution is 6.64. The number of nitrogens with one attached hydrogen (secondary N) is 1. The van der Waals surface area contributed by atoms with Crippen LogP contribution in [0.3, 0.4) is 0 Å². The minimum absolute atomic E-state index is 0.507. The van der Waals surface area contributed by atoms with Crippen molar-refractivity contribution in [1.29, 1.82) is 0 Å². The quantitative estimate of drug-likeness (QED) is 0.774. The Bertz CT molecular complexity index is 404. The molecule has 15 heavy (non-hydrogen) atoms. The molecule has 1 aliphatic heterocycles. The number of carbonyl (C=O) groups excluding carboxylic acids is 1. The van der Waals surface area contributed by atoms with Gasteiger partial charge in [-0.1, -0.05) is 18.2 Å². The summed E-state index contributed by atoms with van der Waals surface area (Å²) < 4.78 is 0. The molecule has 1 heterocycles. The molecule has 0 spiro atoms. The summed E-state index contributed by atoms with van der Waals surface area (Å²) in [5.41, 5.74) is 3.83. The number of para-hydroxylation sites is 1. The van der Waals surface area contributed by atoms with Crippen LogP contribution >= 0.6 is 11.6 Å². The van der Waals surface area contributed by atoms with Gasteiger partial charge in [-0.2, -0.15) is 5.43 Å². The molecular weight excluding hydrogens is 214 g/mol. The zero-order valence-corrected chi connectivity index (χ0v) is 8.90. The molecule has 1 N–H and O–H groups in total. The molecule has 5 heteroatoms. The summed E-state index contributed by atoms with van der Waals surface area (Å²) in [6.45, 7) is 1.82. The highest BCUT2D eigenvalue weighted by Crippen LogP contribution is 2.16. The van der Waals surface area contributed by atoms with Gasteiger partial charge in [0.2, 0.25) is 0 Å². The topological polar surface area (TPSA) is 44.7 Å². The maximum Gasteiger partial charge on any atom is 0.262 e. The smallest absolute Gasteiger partial charge is 0.262 e. The number of carbonyl (C=O) groups is 1. The van der Waals surface area contributed by atoms with Gasteiger partial charge in [0.1, 0.15) is 5.84 Å². The van der Waals surface area contributed by atoms with Crippen LogP contribution in [0, 0.1) is 0 Å². The van der Waals surface area contributed by atoms with Crippen molar-refractivity contribution in [2.75, 3.05) is 5.01 Å². The third-order valence-electron chi connectivity index (χ3n) is 2.12. The van der Waals surface area contributed by atoms with Crippen LogP contribution in [0.15, 0.2) is 35.3 Å².